The number of benzene rings is 2. The fourth-order valence-electron chi connectivity index (χ4n) is 2.47. The van der Waals surface area contributed by atoms with Crippen molar-refractivity contribution in [2.45, 2.75) is 12.8 Å². The third-order valence-electron chi connectivity index (χ3n) is 3.45. The van der Waals surface area contributed by atoms with E-state index in [9.17, 15) is 0 Å². The molecule has 0 bridgehead atoms. The molecule has 0 saturated carbocycles. The fraction of sp³-hybridized carbons (Fsp3) is 0.294. The molecule has 1 N–H and O–H groups in total. The first-order chi connectivity index (χ1) is 10.1. The van der Waals surface area contributed by atoms with E-state index in [0.717, 1.165) is 39.5 Å². The zero-order chi connectivity index (χ0) is 15.2. The molecule has 0 saturated heterocycles. The van der Waals surface area contributed by atoms with Crippen LogP contribution in [0.1, 0.15) is 11.1 Å². The molecular formula is C17H18BrCl2N. The van der Waals surface area contributed by atoms with Gasteiger partial charge in [-0.25, -0.2) is 0 Å². The van der Waals surface area contributed by atoms with E-state index in [4.69, 9.17) is 23.2 Å². The van der Waals surface area contributed by atoms with Gasteiger partial charge in [0.15, 0.2) is 0 Å². The van der Waals surface area contributed by atoms with Gasteiger partial charge in [-0.3, -0.25) is 0 Å². The number of rotatable bonds is 6. The van der Waals surface area contributed by atoms with E-state index < -0.39 is 0 Å². The molecule has 0 radical (unpaired) electrons. The van der Waals surface area contributed by atoms with Gasteiger partial charge in [-0.2, -0.15) is 0 Å². The summed E-state index contributed by atoms with van der Waals surface area (Å²) in [4.78, 5) is 0. The normalized spacial score (nSPS) is 12.4. The van der Waals surface area contributed by atoms with Crippen LogP contribution < -0.4 is 5.32 Å². The molecule has 2 aromatic carbocycles. The molecule has 1 unspecified atom stereocenters. The average molecular weight is 387 g/mol. The summed E-state index contributed by atoms with van der Waals surface area (Å²) in [6, 6.07) is 14.1. The van der Waals surface area contributed by atoms with Crippen LogP contribution in [0.3, 0.4) is 0 Å². The minimum Gasteiger partial charge on any atom is -0.319 e. The van der Waals surface area contributed by atoms with Crippen molar-refractivity contribution in [2.24, 2.45) is 5.92 Å². The third-order valence-corrected chi connectivity index (χ3v) is 4.58. The first-order valence-corrected chi connectivity index (χ1v) is 8.46. The van der Waals surface area contributed by atoms with Crippen molar-refractivity contribution in [3.8, 4) is 0 Å². The van der Waals surface area contributed by atoms with Crippen LogP contribution in [0.5, 0.6) is 0 Å². The van der Waals surface area contributed by atoms with Gasteiger partial charge in [0.05, 0.1) is 0 Å². The Hall–Kier alpha value is -0.540. The molecule has 1 atom stereocenters. The smallest absolute Gasteiger partial charge is 0.0439 e. The van der Waals surface area contributed by atoms with Crippen LogP contribution in [0.4, 0.5) is 0 Å². The lowest BCUT2D eigenvalue weighted by Gasteiger charge is -2.18. The minimum absolute atomic E-state index is 0.479. The van der Waals surface area contributed by atoms with E-state index in [0.29, 0.717) is 5.92 Å². The fourth-order valence-corrected chi connectivity index (χ4v) is 3.12. The van der Waals surface area contributed by atoms with E-state index in [-0.39, 0.29) is 0 Å². The summed E-state index contributed by atoms with van der Waals surface area (Å²) < 4.78 is 1.11. The summed E-state index contributed by atoms with van der Waals surface area (Å²) in [5.41, 5.74) is 2.44. The van der Waals surface area contributed by atoms with Crippen molar-refractivity contribution in [3.63, 3.8) is 0 Å². The van der Waals surface area contributed by atoms with Crippen molar-refractivity contribution in [3.05, 3.63) is 68.1 Å². The van der Waals surface area contributed by atoms with E-state index in [1.165, 1.54) is 5.56 Å². The first kappa shape index (κ1) is 16.8. The standard InChI is InChI=1S/C17H18BrCl2N/c1-21-11-13(8-12-2-4-15(18)5-3-12)9-14-10-16(19)6-7-17(14)20/h2-7,10,13,21H,8-9,11H2,1H3. The van der Waals surface area contributed by atoms with Gasteiger partial charge in [-0.15, -0.1) is 0 Å². The van der Waals surface area contributed by atoms with Crippen molar-refractivity contribution in [1.29, 1.82) is 0 Å². The summed E-state index contributed by atoms with van der Waals surface area (Å²) in [5.74, 6) is 0.479. The second-order valence-corrected chi connectivity index (χ2v) is 6.95. The highest BCUT2D eigenvalue weighted by atomic mass is 79.9. The molecule has 2 rings (SSSR count). The summed E-state index contributed by atoms with van der Waals surface area (Å²) in [7, 11) is 1.98. The quantitative estimate of drug-likeness (QED) is 0.702. The third kappa shape index (κ3) is 5.30. The van der Waals surface area contributed by atoms with Crippen LogP contribution in [-0.4, -0.2) is 13.6 Å². The van der Waals surface area contributed by atoms with Gasteiger partial charge in [0, 0.05) is 14.5 Å². The minimum atomic E-state index is 0.479. The first-order valence-electron chi connectivity index (χ1n) is 6.91. The molecule has 0 amide bonds. The Kier molecular flexibility index (Phi) is 6.56. The van der Waals surface area contributed by atoms with E-state index >= 15 is 0 Å². The summed E-state index contributed by atoms with van der Waals surface area (Å²) in [5, 5.41) is 4.79. The maximum Gasteiger partial charge on any atom is 0.0439 e. The zero-order valence-corrected chi connectivity index (χ0v) is 15.0. The molecule has 0 aliphatic rings. The molecule has 0 fully saturated rings. The van der Waals surface area contributed by atoms with Gasteiger partial charge >= 0.3 is 0 Å². The molecule has 1 nitrogen and oxygen atoms in total. The largest absolute Gasteiger partial charge is 0.319 e. The second-order valence-electron chi connectivity index (χ2n) is 5.19. The Morgan fingerprint density at radius 2 is 1.76 bits per heavy atom. The van der Waals surface area contributed by atoms with Crippen LogP contribution in [0.25, 0.3) is 0 Å². The number of hydrogen-bond acceptors (Lipinski definition) is 1. The Morgan fingerprint density at radius 1 is 1.05 bits per heavy atom. The van der Waals surface area contributed by atoms with Gasteiger partial charge in [-0.1, -0.05) is 51.3 Å². The molecule has 21 heavy (non-hydrogen) atoms. The maximum absolute atomic E-state index is 6.28. The topological polar surface area (TPSA) is 12.0 Å². The van der Waals surface area contributed by atoms with Crippen LogP contribution in [0.2, 0.25) is 10.0 Å². The average Bonchev–Trinajstić information content (AvgIpc) is 2.45. The highest BCUT2D eigenvalue weighted by Crippen LogP contribution is 2.25. The Bertz CT molecular complexity index is 584. The monoisotopic (exact) mass is 385 g/mol. The van der Waals surface area contributed by atoms with Gasteiger partial charge in [0.25, 0.3) is 0 Å². The van der Waals surface area contributed by atoms with Crippen molar-refractivity contribution >= 4 is 39.1 Å². The Morgan fingerprint density at radius 3 is 2.43 bits per heavy atom. The van der Waals surface area contributed by atoms with Crippen molar-refractivity contribution < 1.29 is 0 Å². The number of hydrogen-bond donors (Lipinski definition) is 1. The Balaban J connectivity index is 2.11. The lowest BCUT2D eigenvalue weighted by atomic mass is 9.92. The van der Waals surface area contributed by atoms with Crippen molar-refractivity contribution in [2.75, 3.05) is 13.6 Å². The highest BCUT2D eigenvalue weighted by molar-refractivity contribution is 9.10. The second kappa shape index (κ2) is 8.19. The SMILES string of the molecule is CNCC(Cc1ccc(Br)cc1)Cc1cc(Cl)ccc1Cl. The molecular weight excluding hydrogens is 369 g/mol. The summed E-state index contributed by atoms with van der Waals surface area (Å²) >= 11 is 15.8. The summed E-state index contributed by atoms with van der Waals surface area (Å²) in [6.07, 6.45) is 1.92. The predicted octanol–water partition coefficient (Wildman–Crippen LogP) is 5.38. The van der Waals surface area contributed by atoms with Gasteiger partial charge < -0.3 is 5.32 Å². The lowest BCUT2D eigenvalue weighted by Crippen LogP contribution is -2.23. The Labute approximate surface area is 144 Å². The molecule has 4 heteroatoms. The number of nitrogens with one attached hydrogen (secondary N) is 1. The molecule has 0 aliphatic carbocycles. The van der Waals surface area contributed by atoms with Gasteiger partial charge in [-0.05, 0) is 73.8 Å². The highest BCUT2D eigenvalue weighted by Gasteiger charge is 2.13. The molecule has 0 heterocycles. The van der Waals surface area contributed by atoms with Gasteiger partial charge in [0.2, 0.25) is 0 Å². The summed E-state index contributed by atoms with van der Waals surface area (Å²) in [6.45, 7) is 0.943. The van der Waals surface area contributed by atoms with Crippen LogP contribution >= 0.6 is 39.1 Å². The van der Waals surface area contributed by atoms with Crippen LogP contribution in [-0.2, 0) is 12.8 Å². The molecule has 0 aromatic heterocycles. The van der Waals surface area contributed by atoms with Crippen molar-refractivity contribution in [1.82, 2.24) is 5.32 Å². The lowest BCUT2D eigenvalue weighted by molar-refractivity contribution is 0.493. The molecule has 112 valence electrons. The van der Waals surface area contributed by atoms with Crippen LogP contribution in [0.15, 0.2) is 46.9 Å². The molecule has 0 spiro atoms. The van der Waals surface area contributed by atoms with E-state index in [2.05, 4.69) is 45.5 Å². The predicted molar refractivity (Wildman–Crippen MR) is 95.4 cm³/mol. The van der Waals surface area contributed by atoms with E-state index in [1.54, 1.807) is 0 Å². The van der Waals surface area contributed by atoms with E-state index in [1.807, 2.05) is 25.2 Å². The zero-order valence-electron chi connectivity index (χ0n) is 11.9. The van der Waals surface area contributed by atoms with Gasteiger partial charge in [0.1, 0.15) is 0 Å². The maximum atomic E-state index is 6.28. The molecule has 0 aliphatic heterocycles. The molecule has 2 aromatic rings. The van der Waals surface area contributed by atoms with Crippen LogP contribution in [0, 0.1) is 5.92 Å². The number of halogens is 3.